The highest BCUT2D eigenvalue weighted by molar-refractivity contribution is 7.11. The Morgan fingerprint density at radius 3 is 2.60 bits per heavy atom. The Morgan fingerprint density at radius 2 is 2.13 bits per heavy atom. The highest BCUT2D eigenvalue weighted by Crippen LogP contribution is 2.27. The smallest absolute Gasteiger partial charge is 0.00571 e. The first-order chi connectivity index (χ1) is 7.13. The average Bonchev–Trinajstić information content (AvgIpc) is 2.66. The summed E-state index contributed by atoms with van der Waals surface area (Å²) in [7, 11) is 1.99. The van der Waals surface area contributed by atoms with Crippen LogP contribution in [0.4, 0.5) is 0 Å². The first-order valence-electron chi connectivity index (χ1n) is 5.49. The Kier molecular flexibility index (Phi) is 4.55. The van der Waals surface area contributed by atoms with Crippen molar-refractivity contribution >= 4 is 11.3 Å². The number of rotatable bonds is 6. The molecule has 1 aromatic heterocycles. The van der Waals surface area contributed by atoms with Gasteiger partial charge in [-0.15, -0.1) is 17.9 Å². The van der Waals surface area contributed by atoms with Gasteiger partial charge in [0.05, 0.1) is 0 Å². The number of thiophene rings is 1. The van der Waals surface area contributed by atoms with E-state index in [1.165, 1.54) is 9.75 Å². The third-order valence-electron chi connectivity index (χ3n) is 2.72. The molecule has 0 aliphatic carbocycles. The van der Waals surface area contributed by atoms with Gasteiger partial charge >= 0.3 is 0 Å². The lowest BCUT2D eigenvalue weighted by atomic mass is 9.86. The maximum Gasteiger partial charge on any atom is 0.00571 e. The topological polar surface area (TPSA) is 12.0 Å². The van der Waals surface area contributed by atoms with Crippen LogP contribution in [0.3, 0.4) is 0 Å². The van der Waals surface area contributed by atoms with E-state index in [0.717, 1.165) is 19.4 Å². The van der Waals surface area contributed by atoms with Gasteiger partial charge in [0, 0.05) is 21.7 Å². The lowest BCUT2D eigenvalue weighted by Crippen LogP contribution is -2.29. The van der Waals surface area contributed by atoms with Crippen LogP contribution in [0.1, 0.15) is 23.6 Å². The molecule has 1 atom stereocenters. The van der Waals surface area contributed by atoms with E-state index >= 15 is 0 Å². The molecule has 0 aliphatic rings. The number of hydrogen-bond acceptors (Lipinski definition) is 2. The quantitative estimate of drug-likeness (QED) is 0.730. The summed E-state index contributed by atoms with van der Waals surface area (Å²) in [5, 5.41) is 3.23. The molecule has 0 amide bonds. The second kappa shape index (κ2) is 5.47. The van der Waals surface area contributed by atoms with Gasteiger partial charge in [0.2, 0.25) is 0 Å². The molecule has 0 saturated heterocycles. The second-order valence-corrected chi connectivity index (χ2v) is 5.54. The summed E-state index contributed by atoms with van der Waals surface area (Å²) in [5.41, 5.74) is 0.171. The fraction of sp³-hybridized carbons (Fsp3) is 0.538. The van der Waals surface area contributed by atoms with Gasteiger partial charge in [-0.3, -0.25) is 0 Å². The van der Waals surface area contributed by atoms with E-state index < -0.39 is 0 Å². The van der Waals surface area contributed by atoms with Gasteiger partial charge in [-0.1, -0.05) is 19.9 Å². The van der Waals surface area contributed by atoms with E-state index in [9.17, 15) is 0 Å². The molecule has 2 heteroatoms. The molecule has 1 unspecified atom stereocenters. The standard InChI is InChI=1S/C13H21NS/c1-5-11-7-8-12(15-11)9-13(3,6-2)10-14-4/h6-8,14H,2,5,9-10H2,1,3-4H3. The predicted molar refractivity (Wildman–Crippen MR) is 69.6 cm³/mol. The van der Waals surface area contributed by atoms with Gasteiger partial charge in [0.15, 0.2) is 0 Å². The molecule has 0 spiro atoms. The Hall–Kier alpha value is -0.600. The minimum Gasteiger partial charge on any atom is -0.319 e. The highest BCUT2D eigenvalue weighted by Gasteiger charge is 2.20. The predicted octanol–water partition coefficient (Wildman–Crippen LogP) is 3.26. The molecule has 1 nitrogen and oxygen atoms in total. The average molecular weight is 223 g/mol. The van der Waals surface area contributed by atoms with Crippen LogP contribution in [0, 0.1) is 5.41 Å². The van der Waals surface area contributed by atoms with Crippen molar-refractivity contribution < 1.29 is 0 Å². The summed E-state index contributed by atoms with van der Waals surface area (Å²) in [5.74, 6) is 0. The van der Waals surface area contributed by atoms with E-state index in [4.69, 9.17) is 0 Å². The zero-order chi connectivity index (χ0) is 11.3. The molecular formula is C13H21NS. The highest BCUT2D eigenvalue weighted by atomic mass is 32.1. The Balaban J connectivity index is 2.69. The molecule has 0 aliphatic heterocycles. The van der Waals surface area contributed by atoms with Crippen LogP contribution >= 0.6 is 11.3 Å². The van der Waals surface area contributed by atoms with E-state index in [-0.39, 0.29) is 5.41 Å². The lowest BCUT2D eigenvalue weighted by molar-refractivity contribution is 0.409. The van der Waals surface area contributed by atoms with Crippen molar-refractivity contribution in [3.8, 4) is 0 Å². The monoisotopic (exact) mass is 223 g/mol. The van der Waals surface area contributed by atoms with Crippen molar-refractivity contribution in [3.05, 3.63) is 34.5 Å². The maximum atomic E-state index is 3.94. The first kappa shape index (κ1) is 12.5. The maximum absolute atomic E-state index is 3.94. The normalized spacial score (nSPS) is 14.9. The second-order valence-electron chi connectivity index (χ2n) is 4.29. The van der Waals surface area contributed by atoms with Crippen molar-refractivity contribution in [2.24, 2.45) is 5.41 Å². The van der Waals surface area contributed by atoms with Gasteiger partial charge in [0.1, 0.15) is 0 Å². The summed E-state index contributed by atoms with van der Waals surface area (Å²) < 4.78 is 0. The van der Waals surface area contributed by atoms with Crippen molar-refractivity contribution in [2.45, 2.75) is 26.7 Å². The van der Waals surface area contributed by atoms with Crippen LogP contribution < -0.4 is 5.32 Å². The van der Waals surface area contributed by atoms with Gasteiger partial charge in [-0.25, -0.2) is 0 Å². The molecule has 0 saturated carbocycles. The largest absolute Gasteiger partial charge is 0.319 e. The van der Waals surface area contributed by atoms with Gasteiger partial charge in [0.25, 0.3) is 0 Å². The minimum absolute atomic E-state index is 0.171. The van der Waals surface area contributed by atoms with E-state index in [0.29, 0.717) is 0 Å². The van der Waals surface area contributed by atoms with E-state index in [2.05, 4.69) is 44.0 Å². The van der Waals surface area contributed by atoms with Crippen LogP contribution in [0.15, 0.2) is 24.8 Å². The fourth-order valence-corrected chi connectivity index (χ4v) is 2.87. The zero-order valence-electron chi connectivity index (χ0n) is 9.97. The fourth-order valence-electron chi connectivity index (χ4n) is 1.72. The summed E-state index contributed by atoms with van der Waals surface area (Å²) in [4.78, 5) is 2.94. The summed E-state index contributed by atoms with van der Waals surface area (Å²) in [6, 6.07) is 4.49. The van der Waals surface area contributed by atoms with Crippen molar-refractivity contribution in [2.75, 3.05) is 13.6 Å². The Labute approximate surface area is 97.2 Å². The van der Waals surface area contributed by atoms with Crippen LogP contribution in [0.5, 0.6) is 0 Å². The Morgan fingerprint density at radius 1 is 1.47 bits per heavy atom. The van der Waals surface area contributed by atoms with Crippen LogP contribution in [0.2, 0.25) is 0 Å². The number of aryl methyl sites for hydroxylation is 1. The third kappa shape index (κ3) is 3.47. The van der Waals surface area contributed by atoms with Crippen LogP contribution in [-0.2, 0) is 12.8 Å². The first-order valence-corrected chi connectivity index (χ1v) is 6.31. The van der Waals surface area contributed by atoms with Gasteiger partial charge in [-0.05, 0) is 32.0 Å². The molecule has 84 valence electrons. The minimum atomic E-state index is 0.171. The van der Waals surface area contributed by atoms with Crippen molar-refractivity contribution in [1.29, 1.82) is 0 Å². The molecule has 0 bridgehead atoms. The molecule has 1 N–H and O–H groups in total. The van der Waals surface area contributed by atoms with Gasteiger partial charge < -0.3 is 5.32 Å². The number of hydrogen-bond donors (Lipinski definition) is 1. The lowest BCUT2D eigenvalue weighted by Gasteiger charge is -2.24. The molecule has 1 rings (SSSR count). The summed E-state index contributed by atoms with van der Waals surface area (Å²) in [6.07, 6.45) is 4.29. The summed E-state index contributed by atoms with van der Waals surface area (Å²) in [6.45, 7) is 9.38. The SMILES string of the molecule is C=CC(C)(CNC)Cc1ccc(CC)s1. The van der Waals surface area contributed by atoms with E-state index in [1.807, 2.05) is 18.4 Å². The van der Waals surface area contributed by atoms with Crippen LogP contribution in [-0.4, -0.2) is 13.6 Å². The molecule has 1 heterocycles. The Bertz CT molecular complexity index is 316. The van der Waals surface area contributed by atoms with Crippen molar-refractivity contribution in [3.63, 3.8) is 0 Å². The molecule has 0 aromatic carbocycles. The molecular weight excluding hydrogens is 202 g/mol. The molecule has 1 aromatic rings. The zero-order valence-corrected chi connectivity index (χ0v) is 10.8. The number of nitrogens with one attached hydrogen (secondary N) is 1. The summed E-state index contributed by atoms with van der Waals surface area (Å²) >= 11 is 1.93. The molecule has 15 heavy (non-hydrogen) atoms. The molecule has 0 radical (unpaired) electrons. The third-order valence-corrected chi connectivity index (χ3v) is 3.95. The molecule has 0 fully saturated rings. The van der Waals surface area contributed by atoms with Gasteiger partial charge in [-0.2, -0.15) is 0 Å². The van der Waals surface area contributed by atoms with Crippen LogP contribution in [0.25, 0.3) is 0 Å². The van der Waals surface area contributed by atoms with Crippen molar-refractivity contribution in [1.82, 2.24) is 5.32 Å². The van der Waals surface area contributed by atoms with E-state index in [1.54, 1.807) is 0 Å².